The first-order chi connectivity index (χ1) is 24.4. The van der Waals surface area contributed by atoms with Crippen LogP contribution in [0.4, 0.5) is 4.79 Å². The third-order valence-electron chi connectivity index (χ3n) is 8.36. The zero-order valence-corrected chi connectivity index (χ0v) is 28.9. The molecule has 0 aliphatic rings. The number of hydrogen-bond donors (Lipinski definition) is 8. The number of ether oxygens (including phenoxy) is 1. The van der Waals surface area contributed by atoms with E-state index in [0.717, 1.165) is 16.7 Å². The average Bonchev–Trinajstić information content (AvgIpc) is 3.11. The van der Waals surface area contributed by atoms with Crippen LogP contribution in [0.1, 0.15) is 61.3 Å². The van der Waals surface area contributed by atoms with E-state index in [0.29, 0.717) is 24.8 Å². The number of rotatable bonds is 20. The molecule has 3 aromatic carbocycles. The molecule has 0 saturated carbocycles. The van der Waals surface area contributed by atoms with Crippen molar-refractivity contribution in [1.29, 1.82) is 5.41 Å². The van der Waals surface area contributed by atoms with E-state index >= 15 is 0 Å². The van der Waals surface area contributed by atoms with Crippen molar-refractivity contribution in [2.24, 2.45) is 27.9 Å². The lowest BCUT2D eigenvalue weighted by atomic mass is 9.76. The number of aliphatic imine (C=N–C) groups is 1. The Kier molecular flexibility index (Phi) is 15.4. The molecule has 0 saturated heterocycles. The van der Waals surface area contributed by atoms with Gasteiger partial charge in [-0.2, -0.15) is 0 Å². The summed E-state index contributed by atoms with van der Waals surface area (Å²) >= 11 is 0. The number of nitrogens with zero attached hydrogens (tertiary/aromatic N) is 1. The van der Waals surface area contributed by atoms with Crippen LogP contribution in [-0.4, -0.2) is 60.8 Å². The van der Waals surface area contributed by atoms with Crippen LogP contribution in [0.5, 0.6) is 0 Å². The van der Waals surface area contributed by atoms with Crippen molar-refractivity contribution < 1.29 is 23.9 Å². The van der Waals surface area contributed by atoms with Gasteiger partial charge in [-0.25, -0.2) is 4.79 Å². The van der Waals surface area contributed by atoms with Crippen LogP contribution in [0, 0.1) is 5.41 Å². The van der Waals surface area contributed by atoms with Gasteiger partial charge in [-0.15, -0.1) is 0 Å². The maximum absolute atomic E-state index is 14.3. The van der Waals surface area contributed by atoms with E-state index in [1.54, 1.807) is 19.1 Å². The van der Waals surface area contributed by atoms with Crippen molar-refractivity contribution in [2.75, 3.05) is 13.1 Å². The fourth-order valence-corrected chi connectivity index (χ4v) is 5.42. The molecular weight excluding hydrogens is 650 g/mol. The van der Waals surface area contributed by atoms with Crippen molar-refractivity contribution >= 4 is 35.6 Å². The second-order valence-corrected chi connectivity index (χ2v) is 12.4. The summed E-state index contributed by atoms with van der Waals surface area (Å²) in [5, 5.41) is 16.1. The number of unbranched alkanes of at least 4 members (excludes halogenated alkanes) is 1. The summed E-state index contributed by atoms with van der Waals surface area (Å²) in [4.78, 5) is 56.4. The molecule has 1 unspecified atom stereocenters. The number of benzene rings is 3. The molecule has 0 aliphatic heterocycles. The second kappa shape index (κ2) is 19.9. The molecule has 14 heteroatoms. The molecule has 0 spiro atoms. The predicted molar refractivity (Wildman–Crippen MR) is 196 cm³/mol. The summed E-state index contributed by atoms with van der Waals surface area (Å²) in [7, 11) is 0. The molecule has 272 valence electrons. The first-order valence-electron chi connectivity index (χ1n) is 16.8. The van der Waals surface area contributed by atoms with Crippen LogP contribution in [0.15, 0.2) is 89.9 Å². The monoisotopic (exact) mass is 699 g/mol. The SMILES string of the molecule is CC(Cc1ccc(C(=N)N)cc1)(C(=O)N[C@@H](CCCCNC(=O)OCc1ccccc1)C(=O)N[C@@H](CCCN=C(N)N)C(N)=O)c1ccccc1. The molecule has 14 nitrogen and oxygen atoms in total. The van der Waals surface area contributed by atoms with Gasteiger partial charge in [-0.3, -0.25) is 24.8 Å². The van der Waals surface area contributed by atoms with Crippen LogP contribution >= 0.6 is 0 Å². The number of nitrogen functional groups attached to an aromatic ring is 1. The maximum Gasteiger partial charge on any atom is 0.407 e. The number of carbonyl (C=O) groups is 4. The van der Waals surface area contributed by atoms with Crippen LogP contribution in [0.25, 0.3) is 0 Å². The smallest absolute Gasteiger partial charge is 0.407 e. The number of nitrogens with two attached hydrogens (primary N) is 4. The fraction of sp³-hybridized carbons (Fsp3) is 0.351. The number of primary amides is 1. The molecule has 0 heterocycles. The summed E-state index contributed by atoms with van der Waals surface area (Å²) in [6, 6.07) is 23.5. The van der Waals surface area contributed by atoms with Crippen LogP contribution in [0.2, 0.25) is 0 Å². The number of guanidine groups is 1. The number of carbonyl (C=O) groups excluding carboxylic acids is 4. The van der Waals surface area contributed by atoms with E-state index in [2.05, 4.69) is 20.9 Å². The van der Waals surface area contributed by atoms with Crippen molar-refractivity contribution in [2.45, 2.75) is 69.6 Å². The van der Waals surface area contributed by atoms with E-state index in [4.69, 9.17) is 33.1 Å². The predicted octanol–water partition coefficient (Wildman–Crippen LogP) is 2.08. The summed E-state index contributed by atoms with van der Waals surface area (Å²) < 4.78 is 5.26. The van der Waals surface area contributed by atoms with Crippen molar-refractivity contribution in [3.63, 3.8) is 0 Å². The molecule has 4 amide bonds. The minimum absolute atomic E-state index is 0.0660. The molecule has 51 heavy (non-hydrogen) atoms. The van der Waals surface area contributed by atoms with E-state index < -0.39 is 41.3 Å². The molecule has 0 radical (unpaired) electrons. The largest absolute Gasteiger partial charge is 0.445 e. The van der Waals surface area contributed by atoms with E-state index in [-0.39, 0.29) is 50.8 Å². The highest BCUT2D eigenvalue weighted by Crippen LogP contribution is 2.29. The molecule has 0 aromatic heterocycles. The zero-order chi connectivity index (χ0) is 37.2. The lowest BCUT2D eigenvalue weighted by Gasteiger charge is -2.32. The van der Waals surface area contributed by atoms with E-state index in [9.17, 15) is 19.2 Å². The molecule has 3 atom stereocenters. The fourth-order valence-electron chi connectivity index (χ4n) is 5.42. The number of amidine groups is 1. The number of amides is 4. The highest BCUT2D eigenvalue weighted by molar-refractivity contribution is 5.96. The lowest BCUT2D eigenvalue weighted by Crippen LogP contribution is -2.56. The van der Waals surface area contributed by atoms with Crippen LogP contribution in [0.3, 0.4) is 0 Å². The molecule has 12 N–H and O–H groups in total. The summed E-state index contributed by atoms with van der Waals surface area (Å²) in [6.45, 7) is 2.45. The highest BCUT2D eigenvalue weighted by atomic mass is 16.5. The van der Waals surface area contributed by atoms with Crippen molar-refractivity contribution in [3.8, 4) is 0 Å². The van der Waals surface area contributed by atoms with Gasteiger partial charge in [0.25, 0.3) is 0 Å². The van der Waals surface area contributed by atoms with Gasteiger partial charge in [-0.05, 0) is 62.1 Å². The Morgan fingerprint density at radius 1 is 0.784 bits per heavy atom. The van der Waals surface area contributed by atoms with Crippen LogP contribution in [-0.2, 0) is 37.6 Å². The van der Waals surface area contributed by atoms with Gasteiger partial charge >= 0.3 is 6.09 Å². The van der Waals surface area contributed by atoms with Gasteiger partial charge < -0.3 is 43.6 Å². The molecule has 3 aromatic rings. The van der Waals surface area contributed by atoms with Gasteiger partial charge in [0.1, 0.15) is 24.5 Å². The normalized spacial score (nSPS) is 13.0. The Balaban J connectivity index is 1.75. The summed E-state index contributed by atoms with van der Waals surface area (Å²) in [5.74, 6) is -1.88. The first kappa shape index (κ1) is 39.5. The first-order valence-corrected chi connectivity index (χ1v) is 16.8. The van der Waals surface area contributed by atoms with Crippen molar-refractivity contribution in [3.05, 3.63) is 107 Å². The minimum atomic E-state index is -1.12. The van der Waals surface area contributed by atoms with E-state index in [1.165, 1.54) is 0 Å². The minimum Gasteiger partial charge on any atom is -0.445 e. The Bertz CT molecular complexity index is 1630. The molecule has 3 rings (SSSR count). The highest BCUT2D eigenvalue weighted by Gasteiger charge is 2.38. The lowest BCUT2D eigenvalue weighted by molar-refractivity contribution is -0.133. The molecule has 0 bridgehead atoms. The van der Waals surface area contributed by atoms with Crippen molar-refractivity contribution in [1.82, 2.24) is 16.0 Å². The standard InChI is InChI=1S/C37H49N9O5/c1-37(28-13-6-3-7-14-28,23-25-17-19-27(20-18-25)31(38)39)34(49)46-30(33(48)45-29(32(40)47)16-10-22-43-35(41)42)15-8-9-21-44-36(50)51-24-26-11-4-2-5-12-26/h2-7,11-14,17-20,29-30H,8-10,15-16,21-24H2,1H3,(H3,38,39)(H2,40,47)(H,44,50)(H,45,48)(H,46,49)(H4,41,42,43)/t29-,30-,37?/m0/s1. The summed E-state index contributed by atoms with van der Waals surface area (Å²) in [6.07, 6.45) is 1.40. The quantitative estimate of drug-likeness (QED) is 0.0491. The van der Waals surface area contributed by atoms with Gasteiger partial charge in [0, 0.05) is 18.7 Å². The number of hydrogen-bond acceptors (Lipinski definition) is 7. The number of nitrogens with one attached hydrogen (secondary N) is 4. The topological polar surface area (TPSA) is 254 Å². The number of alkyl carbamates (subject to hydrolysis) is 1. The average molecular weight is 700 g/mol. The summed E-state index contributed by atoms with van der Waals surface area (Å²) in [5.41, 5.74) is 23.9. The van der Waals surface area contributed by atoms with Gasteiger partial charge in [0.05, 0.1) is 5.41 Å². The second-order valence-electron chi connectivity index (χ2n) is 12.4. The Hall–Kier alpha value is -5.92. The molecular formula is C37H49N9O5. The van der Waals surface area contributed by atoms with Gasteiger partial charge in [0.2, 0.25) is 17.7 Å². The third kappa shape index (κ3) is 13.1. The van der Waals surface area contributed by atoms with Crippen LogP contribution < -0.4 is 38.9 Å². The molecule has 0 aliphatic carbocycles. The van der Waals surface area contributed by atoms with E-state index in [1.807, 2.05) is 72.8 Å². The molecule has 0 fully saturated rings. The van der Waals surface area contributed by atoms with Gasteiger partial charge in [-0.1, -0.05) is 84.9 Å². The van der Waals surface area contributed by atoms with Gasteiger partial charge in [0.15, 0.2) is 5.96 Å². The Labute approximate surface area is 298 Å². The zero-order valence-electron chi connectivity index (χ0n) is 28.9. The maximum atomic E-state index is 14.3. The Morgan fingerprint density at radius 3 is 2.02 bits per heavy atom. The third-order valence-corrected chi connectivity index (χ3v) is 8.36. The Morgan fingerprint density at radius 2 is 1.41 bits per heavy atom.